The molecular weight excluding hydrogens is 491 g/mol. The van der Waals surface area contributed by atoms with Crippen LogP contribution in [0.5, 0.6) is 0 Å². The fraction of sp³-hybridized carbons (Fsp3) is 0.517. The number of nitrogens with one attached hydrogen (secondary N) is 2. The van der Waals surface area contributed by atoms with Crippen LogP contribution in [0.15, 0.2) is 47.5 Å². The molecule has 0 bridgehead atoms. The minimum absolute atomic E-state index is 0.0959. The van der Waals surface area contributed by atoms with Crippen LogP contribution < -0.4 is 10.6 Å². The number of carbonyl (C=O) groups is 1. The van der Waals surface area contributed by atoms with E-state index in [9.17, 15) is 4.79 Å². The standard InChI is InChI=1S/C29H38Cl2N4O/c1-20-16-21(2)19-35(18-20)29(33-25-6-4-3-5-7-25)34-26-12-9-23(10-13-26)28(36)32-15-14-22-8-11-24(30)17-27(22)31/h8-13,17,20-21,25H,3-7,14-16,18-19H2,1-2H3,(H,32,36)(H,33,34). The topological polar surface area (TPSA) is 56.7 Å². The molecule has 2 N–H and O–H groups in total. The smallest absolute Gasteiger partial charge is 0.251 e. The van der Waals surface area contributed by atoms with Crippen LogP contribution in [0.25, 0.3) is 0 Å². The van der Waals surface area contributed by atoms with E-state index in [4.69, 9.17) is 28.2 Å². The van der Waals surface area contributed by atoms with Gasteiger partial charge in [0.2, 0.25) is 0 Å². The molecule has 2 aromatic carbocycles. The van der Waals surface area contributed by atoms with Gasteiger partial charge in [-0.25, -0.2) is 4.99 Å². The monoisotopic (exact) mass is 528 g/mol. The van der Waals surface area contributed by atoms with Gasteiger partial charge in [0.25, 0.3) is 5.91 Å². The summed E-state index contributed by atoms with van der Waals surface area (Å²) in [6, 6.07) is 13.5. The van der Waals surface area contributed by atoms with Crippen LogP contribution >= 0.6 is 23.2 Å². The van der Waals surface area contributed by atoms with Gasteiger partial charge in [-0.05, 0) is 79.5 Å². The molecular formula is C29H38Cl2N4O. The van der Waals surface area contributed by atoms with Crippen molar-refractivity contribution in [3.8, 4) is 0 Å². The summed E-state index contributed by atoms with van der Waals surface area (Å²) in [5.41, 5.74) is 2.56. The highest BCUT2D eigenvalue weighted by atomic mass is 35.5. The molecule has 36 heavy (non-hydrogen) atoms. The number of carbonyl (C=O) groups excluding carboxylic acids is 1. The zero-order valence-electron chi connectivity index (χ0n) is 21.4. The van der Waals surface area contributed by atoms with Gasteiger partial charge in [-0.2, -0.15) is 0 Å². The number of halogens is 2. The Balaban J connectivity index is 1.38. The molecule has 2 fully saturated rings. The summed E-state index contributed by atoms with van der Waals surface area (Å²) in [4.78, 5) is 20.3. The average Bonchev–Trinajstić information content (AvgIpc) is 2.85. The molecule has 5 nitrogen and oxygen atoms in total. The van der Waals surface area contributed by atoms with Gasteiger partial charge in [0, 0.05) is 40.9 Å². The molecule has 7 heteroatoms. The molecule has 2 aliphatic rings. The molecule has 194 valence electrons. The number of rotatable bonds is 6. The molecule has 0 radical (unpaired) electrons. The third-order valence-corrected chi connectivity index (χ3v) is 7.73. The first kappa shape index (κ1) is 26.8. The molecule has 2 atom stereocenters. The zero-order valence-corrected chi connectivity index (χ0v) is 22.9. The van der Waals surface area contributed by atoms with Gasteiger partial charge < -0.3 is 15.5 Å². The predicted molar refractivity (Wildman–Crippen MR) is 151 cm³/mol. The molecule has 0 spiro atoms. The van der Waals surface area contributed by atoms with Gasteiger partial charge in [-0.1, -0.05) is 62.4 Å². The Morgan fingerprint density at radius 1 is 1.00 bits per heavy atom. The molecule has 2 unspecified atom stereocenters. The molecule has 4 rings (SSSR count). The molecule has 2 aromatic rings. The first-order valence-corrected chi connectivity index (χ1v) is 14.0. The van der Waals surface area contributed by atoms with E-state index in [0.29, 0.717) is 46.5 Å². The summed E-state index contributed by atoms with van der Waals surface area (Å²) >= 11 is 12.2. The van der Waals surface area contributed by atoms with E-state index >= 15 is 0 Å². The number of likely N-dealkylation sites (tertiary alicyclic amines) is 1. The Labute approximate surface area is 225 Å². The Morgan fingerprint density at radius 3 is 2.36 bits per heavy atom. The number of piperidine rings is 1. The van der Waals surface area contributed by atoms with Gasteiger partial charge in [0.1, 0.15) is 0 Å². The summed E-state index contributed by atoms with van der Waals surface area (Å²) in [7, 11) is 0. The number of amides is 1. The molecule has 0 aromatic heterocycles. The van der Waals surface area contributed by atoms with E-state index in [1.54, 1.807) is 6.07 Å². The van der Waals surface area contributed by atoms with Gasteiger partial charge in [0.05, 0.1) is 6.04 Å². The van der Waals surface area contributed by atoms with E-state index in [0.717, 1.165) is 30.3 Å². The van der Waals surface area contributed by atoms with Gasteiger partial charge in [-0.15, -0.1) is 0 Å². The SMILES string of the molecule is CC1CC(C)CN(C(=NC2CCCCC2)Nc2ccc(C(=O)NCCc3ccc(Cl)cc3Cl)cc2)C1. The molecule has 1 saturated carbocycles. The third-order valence-electron chi connectivity index (χ3n) is 7.15. The molecule has 1 amide bonds. The average molecular weight is 530 g/mol. The van der Waals surface area contributed by atoms with E-state index in [1.807, 2.05) is 36.4 Å². The van der Waals surface area contributed by atoms with Crippen molar-refractivity contribution in [3.63, 3.8) is 0 Å². The fourth-order valence-electron chi connectivity index (χ4n) is 5.38. The Kier molecular flexibility index (Phi) is 9.55. The highest BCUT2D eigenvalue weighted by Gasteiger charge is 2.25. The first-order valence-electron chi connectivity index (χ1n) is 13.3. The highest BCUT2D eigenvalue weighted by molar-refractivity contribution is 6.35. The van der Waals surface area contributed by atoms with Crippen molar-refractivity contribution in [3.05, 3.63) is 63.6 Å². The lowest BCUT2D eigenvalue weighted by Crippen LogP contribution is -2.46. The minimum atomic E-state index is -0.0959. The van der Waals surface area contributed by atoms with Crippen molar-refractivity contribution < 1.29 is 4.79 Å². The second-order valence-electron chi connectivity index (χ2n) is 10.5. The van der Waals surface area contributed by atoms with Crippen molar-refractivity contribution >= 4 is 40.8 Å². The summed E-state index contributed by atoms with van der Waals surface area (Å²) in [6.07, 6.45) is 8.11. The fourth-order valence-corrected chi connectivity index (χ4v) is 5.89. The Hall–Kier alpha value is -2.24. The minimum Gasteiger partial charge on any atom is -0.352 e. The van der Waals surface area contributed by atoms with Crippen LogP contribution in [0.3, 0.4) is 0 Å². The number of nitrogens with zero attached hydrogens (tertiary/aromatic N) is 2. The predicted octanol–water partition coefficient (Wildman–Crippen LogP) is 7.04. The van der Waals surface area contributed by atoms with Crippen LogP contribution in [0.1, 0.15) is 68.3 Å². The lowest BCUT2D eigenvalue weighted by Gasteiger charge is -2.37. The number of hydrogen-bond acceptors (Lipinski definition) is 2. The van der Waals surface area contributed by atoms with Crippen LogP contribution in [0, 0.1) is 11.8 Å². The second-order valence-corrected chi connectivity index (χ2v) is 11.4. The number of anilines is 1. The summed E-state index contributed by atoms with van der Waals surface area (Å²) in [5, 5.41) is 7.81. The maximum absolute atomic E-state index is 12.7. The molecule has 1 aliphatic carbocycles. The number of aliphatic imine (C=N–C) groups is 1. The van der Waals surface area contributed by atoms with Gasteiger partial charge >= 0.3 is 0 Å². The summed E-state index contributed by atoms with van der Waals surface area (Å²) in [6.45, 7) is 7.22. The highest BCUT2D eigenvalue weighted by Crippen LogP contribution is 2.25. The van der Waals surface area contributed by atoms with Crippen LogP contribution in [-0.4, -0.2) is 42.4 Å². The largest absolute Gasteiger partial charge is 0.352 e. The Morgan fingerprint density at radius 2 is 1.69 bits per heavy atom. The van der Waals surface area contributed by atoms with Gasteiger partial charge in [0.15, 0.2) is 5.96 Å². The van der Waals surface area contributed by atoms with Crippen molar-refractivity contribution in [2.75, 3.05) is 25.0 Å². The normalized spacial score (nSPS) is 21.3. The lowest BCUT2D eigenvalue weighted by molar-refractivity contribution is 0.0954. The molecule has 1 heterocycles. The second kappa shape index (κ2) is 12.8. The van der Waals surface area contributed by atoms with Crippen molar-refractivity contribution in [2.45, 2.75) is 64.8 Å². The van der Waals surface area contributed by atoms with Gasteiger partial charge in [-0.3, -0.25) is 4.79 Å². The maximum atomic E-state index is 12.7. The maximum Gasteiger partial charge on any atom is 0.251 e. The number of guanidine groups is 1. The van der Waals surface area contributed by atoms with E-state index in [1.165, 1.54) is 38.5 Å². The van der Waals surface area contributed by atoms with Crippen molar-refractivity contribution in [1.29, 1.82) is 0 Å². The quantitative estimate of drug-likeness (QED) is 0.312. The van der Waals surface area contributed by atoms with Crippen LogP contribution in [-0.2, 0) is 6.42 Å². The number of benzene rings is 2. The third kappa shape index (κ3) is 7.63. The van der Waals surface area contributed by atoms with E-state index in [-0.39, 0.29) is 5.91 Å². The lowest BCUT2D eigenvalue weighted by atomic mass is 9.92. The zero-order chi connectivity index (χ0) is 25.5. The molecule has 1 saturated heterocycles. The summed E-state index contributed by atoms with van der Waals surface area (Å²) < 4.78 is 0. The van der Waals surface area contributed by atoms with E-state index in [2.05, 4.69) is 29.4 Å². The number of hydrogen-bond donors (Lipinski definition) is 2. The van der Waals surface area contributed by atoms with Crippen molar-refractivity contribution in [1.82, 2.24) is 10.2 Å². The van der Waals surface area contributed by atoms with Crippen molar-refractivity contribution in [2.24, 2.45) is 16.8 Å². The summed E-state index contributed by atoms with van der Waals surface area (Å²) in [5.74, 6) is 2.20. The van der Waals surface area contributed by atoms with Crippen LogP contribution in [0.2, 0.25) is 10.0 Å². The molecule has 1 aliphatic heterocycles. The first-order chi connectivity index (χ1) is 17.4. The van der Waals surface area contributed by atoms with E-state index < -0.39 is 0 Å². The Bertz CT molecular complexity index is 1040. The van der Waals surface area contributed by atoms with Crippen LogP contribution in [0.4, 0.5) is 5.69 Å².